The fourth-order valence-corrected chi connectivity index (χ4v) is 11.4. The van der Waals surface area contributed by atoms with Crippen molar-refractivity contribution >= 4 is 0 Å². The highest BCUT2D eigenvalue weighted by atomic mass is 19.4. The van der Waals surface area contributed by atoms with E-state index in [1.54, 1.807) is 12.1 Å². The molecule has 0 bridgehead atoms. The maximum Gasteiger partial charge on any atom is 0.411 e. The van der Waals surface area contributed by atoms with Crippen molar-refractivity contribution in [2.45, 2.75) is 161 Å². The summed E-state index contributed by atoms with van der Waals surface area (Å²) >= 11 is 0. The first-order chi connectivity index (χ1) is 30.5. The lowest BCUT2D eigenvalue weighted by Crippen LogP contribution is -2.53. The fourth-order valence-electron chi connectivity index (χ4n) is 11.4. The molecule has 0 aliphatic heterocycles. The molecular formula is C61H64F6. The van der Waals surface area contributed by atoms with E-state index in [1.165, 1.54) is 24.3 Å². The summed E-state index contributed by atoms with van der Waals surface area (Å²) in [5.74, 6) is 0. The third-order valence-electron chi connectivity index (χ3n) is 15.6. The largest absolute Gasteiger partial charge is 0.411 e. The first-order valence-electron chi connectivity index (χ1n) is 23.6. The molecule has 350 valence electrons. The topological polar surface area (TPSA) is 0 Å². The summed E-state index contributed by atoms with van der Waals surface area (Å²) < 4.78 is 98.2. The Labute approximate surface area is 394 Å². The van der Waals surface area contributed by atoms with Gasteiger partial charge in [-0.25, -0.2) is 0 Å². The Bertz CT molecular complexity index is 2860. The second-order valence-electron chi connectivity index (χ2n) is 24.9. The smallest absolute Gasteiger partial charge is 0.169 e. The summed E-state index contributed by atoms with van der Waals surface area (Å²) in [6, 6.07) is 30.0. The molecule has 6 aromatic carbocycles. The van der Waals surface area contributed by atoms with Crippen molar-refractivity contribution in [3.05, 3.63) is 153 Å². The third-order valence-corrected chi connectivity index (χ3v) is 15.6. The van der Waals surface area contributed by atoms with E-state index in [1.807, 2.05) is 12.1 Å². The standard InChI is InChI=1S/C61H64F6/c1-53(2,3)35-19-23-41-45(29-35)57(13,14)49-31-37(55(7,8)9)27-43(51(41)49)33-17-21-39-40-22-18-34(26-48(40)59(47(39)25-33,60(62,63)64)61(65,66)67)44-28-38(56(10,11)12)32-50-52(44)42-24-20-36(54(4,5)6)30-46(42)58(50,15)16/h17-32H,1-16H3. The monoisotopic (exact) mass is 910 g/mol. The summed E-state index contributed by atoms with van der Waals surface area (Å²) in [4.78, 5) is 0. The number of hydrogen-bond acceptors (Lipinski definition) is 0. The van der Waals surface area contributed by atoms with Crippen molar-refractivity contribution in [1.82, 2.24) is 0 Å². The van der Waals surface area contributed by atoms with Gasteiger partial charge in [0.1, 0.15) is 0 Å². The van der Waals surface area contributed by atoms with Crippen LogP contribution in [0.2, 0.25) is 0 Å². The maximum absolute atomic E-state index is 16.4. The van der Waals surface area contributed by atoms with Gasteiger partial charge in [0.05, 0.1) is 0 Å². The van der Waals surface area contributed by atoms with E-state index in [4.69, 9.17) is 0 Å². The Hall–Kier alpha value is -5.10. The number of halogens is 6. The minimum atomic E-state index is -5.75. The van der Waals surface area contributed by atoms with Crippen LogP contribution in [0, 0.1) is 0 Å². The van der Waals surface area contributed by atoms with Gasteiger partial charge in [0.2, 0.25) is 5.41 Å². The van der Waals surface area contributed by atoms with Crippen LogP contribution in [-0.4, -0.2) is 12.4 Å². The molecule has 0 saturated carbocycles. The lowest BCUT2D eigenvalue weighted by Gasteiger charge is -2.36. The maximum atomic E-state index is 16.4. The van der Waals surface area contributed by atoms with Crippen LogP contribution in [0.4, 0.5) is 26.3 Å². The van der Waals surface area contributed by atoms with Gasteiger partial charge in [-0.1, -0.05) is 184 Å². The lowest BCUT2D eigenvalue weighted by atomic mass is 9.74. The van der Waals surface area contributed by atoms with Crippen LogP contribution in [0.25, 0.3) is 55.6 Å². The molecule has 0 saturated heterocycles. The zero-order valence-electron chi connectivity index (χ0n) is 42.0. The molecule has 9 rings (SSSR count). The molecule has 67 heavy (non-hydrogen) atoms. The van der Waals surface area contributed by atoms with E-state index in [-0.39, 0.29) is 32.8 Å². The SMILES string of the molecule is CC(C)(C)c1ccc2c(c1)C(C)(C)c1cc(C(C)(C)C)cc(-c3ccc4c(c3)C(C(F)(F)F)(C(F)(F)F)c3cc(-c5cc(C(C)(C)C)cc6c5-c5ccc(C(C)(C)C)cc5C6(C)C)ccc3-4)c1-2. The molecule has 0 unspecified atom stereocenters. The molecule has 3 aliphatic rings. The average Bonchev–Trinajstić information content (AvgIpc) is 3.72. The zero-order chi connectivity index (χ0) is 49.4. The molecule has 0 amide bonds. The van der Waals surface area contributed by atoms with Crippen LogP contribution in [-0.2, 0) is 37.9 Å². The van der Waals surface area contributed by atoms with Gasteiger partial charge in [-0.2, -0.15) is 26.3 Å². The summed E-state index contributed by atoms with van der Waals surface area (Å²) in [5, 5.41) is 0. The van der Waals surface area contributed by atoms with Gasteiger partial charge < -0.3 is 0 Å². The van der Waals surface area contributed by atoms with E-state index in [0.717, 1.165) is 66.8 Å². The number of rotatable bonds is 2. The Morgan fingerprint density at radius 3 is 0.896 bits per heavy atom. The van der Waals surface area contributed by atoms with Gasteiger partial charge in [-0.3, -0.25) is 0 Å². The zero-order valence-corrected chi connectivity index (χ0v) is 42.0. The second kappa shape index (κ2) is 14.0. The van der Waals surface area contributed by atoms with E-state index >= 15 is 26.3 Å². The fraction of sp³-hybridized carbons (Fsp3) is 0.410. The molecule has 6 heteroatoms. The Morgan fingerprint density at radius 1 is 0.299 bits per heavy atom. The van der Waals surface area contributed by atoms with Gasteiger partial charge >= 0.3 is 12.4 Å². The van der Waals surface area contributed by atoms with E-state index in [9.17, 15) is 0 Å². The summed E-state index contributed by atoms with van der Waals surface area (Å²) in [7, 11) is 0. The van der Waals surface area contributed by atoms with Crippen molar-refractivity contribution in [3.8, 4) is 55.6 Å². The molecule has 0 heterocycles. The molecule has 6 aromatic rings. The van der Waals surface area contributed by atoms with Crippen LogP contribution >= 0.6 is 0 Å². The molecule has 3 aliphatic carbocycles. The highest BCUT2D eigenvalue weighted by molar-refractivity contribution is 5.97. The molecule has 0 aromatic heterocycles. The quantitative estimate of drug-likeness (QED) is 0.152. The lowest BCUT2D eigenvalue weighted by molar-refractivity contribution is -0.287. The summed E-state index contributed by atoms with van der Waals surface area (Å²) in [6.45, 7) is 34.0. The van der Waals surface area contributed by atoms with Gasteiger partial charge in [-0.15, -0.1) is 0 Å². The molecule has 0 spiro atoms. The number of hydrogen-bond donors (Lipinski definition) is 0. The minimum Gasteiger partial charge on any atom is -0.169 e. The Morgan fingerprint density at radius 2 is 0.597 bits per heavy atom. The van der Waals surface area contributed by atoms with Gasteiger partial charge in [0.15, 0.2) is 0 Å². The van der Waals surface area contributed by atoms with Crippen molar-refractivity contribution in [1.29, 1.82) is 0 Å². The van der Waals surface area contributed by atoms with Gasteiger partial charge in [0.25, 0.3) is 0 Å². The van der Waals surface area contributed by atoms with E-state index < -0.39 is 39.7 Å². The van der Waals surface area contributed by atoms with Gasteiger partial charge in [0, 0.05) is 10.8 Å². The number of benzene rings is 6. The molecular weight excluding hydrogens is 847 g/mol. The van der Waals surface area contributed by atoms with Crippen LogP contribution < -0.4 is 0 Å². The van der Waals surface area contributed by atoms with Gasteiger partial charge in [-0.05, 0) is 157 Å². The molecule has 0 nitrogen and oxygen atoms in total. The van der Waals surface area contributed by atoms with Crippen molar-refractivity contribution in [2.75, 3.05) is 0 Å². The molecule has 0 radical (unpaired) electrons. The van der Waals surface area contributed by atoms with E-state index in [2.05, 4.69) is 159 Å². The third kappa shape index (κ3) is 6.75. The van der Waals surface area contributed by atoms with Crippen molar-refractivity contribution in [2.24, 2.45) is 0 Å². The Balaban J connectivity index is 1.31. The predicted octanol–water partition coefficient (Wildman–Crippen LogP) is 18.2. The highest BCUT2D eigenvalue weighted by Gasteiger charge is 2.75. The average molecular weight is 911 g/mol. The number of fused-ring (bicyclic) bond motifs is 9. The highest BCUT2D eigenvalue weighted by Crippen LogP contribution is 2.65. The van der Waals surface area contributed by atoms with Crippen molar-refractivity contribution < 1.29 is 26.3 Å². The first kappa shape index (κ1) is 47.0. The second-order valence-corrected chi connectivity index (χ2v) is 24.9. The molecule has 0 fully saturated rings. The summed E-state index contributed by atoms with van der Waals surface area (Å²) in [5.41, 5.74) is 5.88. The molecule has 0 N–H and O–H groups in total. The number of alkyl halides is 6. The minimum absolute atomic E-state index is 0.0611. The van der Waals surface area contributed by atoms with Crippen LogP contribution in [0.5, 0.6) is 0 Å². The van der Waals surface area contributed by atoms with E-state index in [0.29, 0.717) is 22.3 Å². The van der Waals surface area contributed by atoms with Crippen LogP contribution in [0.15, 0.2) is 97.1 Å². The summed E-state index contributed by atoms with van der Waals surface area (Å²) in [6.07, 6.45) is -11.5. The Kier molecular flexibility index (Phi) is 9.82. The first-order valence-corrected chi connectivity index (χ1v) is 23.6. The van der Waals surface area contributed by atoms with Crippen LogP contribution in [0.3, 0.4) is 0 Å². The molecule has 0 atom stereocenters. The predicted molar refractivity (Wildman–Crippen MR) is 266 cm³/mol. The van der Waals surface area contributed by atoms with Crippen molar-refractivity contribution in [3.63, 3.8) is 0 Å². The normalized spacial score (nSPS) is 16.9. The van der Waals surface area contributed by atoms with Crippen LogP contribution in [0.1, 0.15) is 166 Å².